The smallest absolute Gasteiger partial charge is 0.328 e. The van der Waals surface area contributed by atoms with Crippen molar-refractivity contribution in [3.05, 3.63) is 28.2 Å². The predicted molar refractivity (Wildman–Crippen MR) is 96.0 cm³/mol. The number of rotatable bonds is 1. The summed E-state index contributed by atoms with van der Waals surface area (Å²) in [5, 5.41) is 10.4. The van der Waals surface area contributed by atoms with Crippen LogP contribution in [-0.4, -0.2) is 43.0 Å². The molecule has 0 atom stereocenters. The molecule has 0 unspecified atom stereocenters. The second kappa shape index (κ2) is 7.45. The number of anilines is 1. The fourth-order valence-electron chi connectivity index (χ4n) is 2.44. The van der Waals surface area contributed by atoms with Crippen LogP contribution in [0.4, 0.5) is 10.5 Å². The molecular weight excluding hydrogens is 360 g/mol. The lowest BCUT2D eigenvalue weighted by molar-refractivity contribution is 0.251. The minimum atomic E-state index is -0.397. The van der Waals surface area contributed by atoms with Crippen molar-refractivity contribution in [3.8, 4) is 0 Å². The second-order valence-corrected chi connectivity index (χ2v) is 6.35. The molecule has 0 spiro atoms. The molecule has 1 aromatic rings. The van der Waals surface area contributed by atoms with Crippen molar-refractivity contribution in [3.63, 3.8) is 0 Å². The van der Waals surface area contributed by atoms with Crippen molar-refractivity contribution in [2.24, 2.45) is 10.7 Å². The predicted octanol–water partition coefficient (Wildman–Crippen LogP) is 2.25. The number of carbonyl (C=O) groups is 1. The van der Waals surface area contributed by atoms with Crippen LogP contribution < -0.4 is 16.0 Å². The van der Waals surface area contributed by atoms with E-state index in [0.717, 1.165) is 41.7 Å². The Morgan fingerprint density at radius 3 is 2.70 bits per heavy atom. The summed E-state index contributed by atoms with van der Waals surface area (Å²) >= 11 is 3.40. The van der Waals surface area contributed by atoms with E-state index in [1.807, 2.05) is 30.0 Å². The minimum Gasteiger partial charge on any atom is -0.369 e. The highest BCUT2D eigenvalue weighted by atomic mass is 79.9. The number of hydrogen-bond donors (Lipinski definition) is 3. The summed E-state index contributed by atoms with van der Waals surface area (Å²) < 4.78 is 0.952. The number of carbonyl (C=O) groups excluding carboxylic acids is 1. The topological polar surface area (TPSA) is 97.8 Å². The molecule has 1 aromatic carbocycles. The molecule has 1 fully saturated rings. The van der Waals surface area contributed by atoms with Crippen molar-refractivity contribution in [1.82, 2.24) is 10.2 Å². The Morgan fingerprint density at radius 1 is 1.43 bits per heavy atom. The normalized spacial score (nSPS) is 14.7. The van der Waals surface area contributed by atoms with Crippen LogP contribution in [0.5, 0.6) is 0 Å². The molecule has 7 nitrogen and oxygen atoms in total. The van der Waals surface area contributed by atoms with E-state index in [0.29, 0.717) is 0 Å². The van der Waals surface area contributed by atoms with Gasteiger partial charge in [-0.25, -0.2) is 4.79 Å². The van der Waals surface area contributed by atoms with Crippen molar-refractivity contribution in [2.45, 2.75) is 19.8 Å². The molecule has 23 heavy (non-hydrogen) atoms. The molecule has 0 aromatic heterocycles. The van der Waals surface area contributed by atoms with Gasteiger partial charge < -0.3 is 10.6 Å². The van der Waals surface area contributed by atoms with Gasteiger partial charge in [0, 0.05) is 30.3 Å². The number of aryl methyl sites for hydroxylation is 1. The van der Waals surface area contributed by atoms with Gasteiger partial charge in [-0.05, 0) is 43.5 Å². The van der Waals surface area contributed by atoms with Crippen molar-refractivity contribution in [2.75, 3.05) is 25.0 Å². The van der Waals surface area contributed by atoms with Gasteiger partial charge in [0.1, 0.15) is 0 Å². The average molecular weight is 381 g/mol. The first-order chi connectivity index (χ1) is 10.9. The number of guanidine groups is 2. The zero-order valence-corrected chi connectivity index (χ0v) is 14.9. The number of hydrogen-bond acceptors (Lipinski definition) is 2. The van der Waals surface area contributed by atoms with E-state index >= 15 is 0 Å². The molecule has 1 aliphatic rings. The van der Waals surface area contributed by atoms with Crippen LogP contribution in [0.25, 0.3) is 0 Å². The zero-order valence-electron chi connectivity index (χ0n) is 13.3. The van der Waals surface area contributed by atoms with Gasteiger partial charge in [0.15, 0.2) is 0 Å². The summed E-state index contributed by atoms with van der Waals surface area (Å²) in [5.41, 5.74) is 7.46. The van der Waals surface area contributed by atoms with Gasteiger partial charge in [-0.2, -0.15) is 4.99 Å². The Hall–Kier alpha value is -2.09. The average Bonchev–Trinajstić information content (AvgIpc) is 3.00. The number of nitrogens with two attached hydrogens (primary N) is 1. The number of nitrogens with zero attached hydrogens (tertiary/aromatic N) is 3. The summed E-state index contributed by atoms with van der Waals surface area (Å²) in [5.74, 6) is 0.0105. The highest BCUT2D eigenvalue weighted by Gasteiger charge is 2.17. The number of urea groups is 1. The third-order valence-corrected chi connectivity index (χ3v) is 4.19. The van der Waals surface area contributed by atoms with Crippen molar-refractivity contribution >= 4 is 39.6 Å². The highest BCUT2D eigenvalue weighted by molar-refractivity contribution is 9.10. The van der Waals surface area contributed by atoms with Gasteiger partial charge in [-0.1, -0.05) is 15.9 Å². The second-order valence-electron chi connectivity index (χ2n) is 5.43. The zero-order chi connectivity index (χ0) is 17.0. The molecule has 4 N–H and O–H groups in total. The fraction of sp³-hybridized carbons (Fsp3) is 0.400. The monoisotopic (exact) mass is 380 g/mol. The molecule has 2 amide bonds. The van der Waals surface area contributed by atoms with Gasteiger partial charge >= 0.3 is 6.03 Å². The lowest BCUT2D eigenvalue weighted by atomic mass is 10.2. The Bertz CT molecular complexity index is 639. The number of halogens is 1. The number of benzene rings is 1. The number of nitrogens with one attached hydrogen (secondary N) is 2. The van der Waals surface area contributed by atoms with Gasteiger partial charge in [0.05, 0.1) is 0 Å². The summed E-state index contributed by atoms with van der Waals surface area (Å²) in [4.78, 5) is 19.5. The quantitative estimate of drug-likeness (QED) is 0.514. The highest BCUT2D eigenvalue weighted by Crippen LogP contribution is 2.22. The van der Waals surface area contributed by atoms with E-state index in [4.69, 9.17) is 11.1 Å². The van der Waals surface area contributed by atoms with Crippen LogP contribution in [0.1, 0.15) is 18.4 Å². The van der Waals surface area contributed by atoms with Crippen molar-refractivity contribution in [1.29, 1.82) is 5.41 Å². The van der Waals surface area contributed by atoms with E-state index in [9.17, 15) is 4.79 Å². The number of likely N-dealkylation sites (tertiary alicyclic amines) is 1. The Kier molecular flexibility index (Phi) is 5.59. The van der Waals surface area contributed by atoms with Gasteiger partial charge in [-0.3, -0.25) is 15.6 Å². The number of amides is 2. The molecule has 0 aliphatic carbocycles. The molecule has 0 bridgehead atoms. The van der Waals surface area contributed by atoms with Gasteiger partial charge in [0.2, 0.25) is 11.9 Å². The largest absolute Gasteiger partial charge is 0.369 e. The maximum Gasteiger partial charge on any atom is 0.328 e. The summed E-state index contributed by atoms with van der Waals surface area (Å²) in [6.45, 7) is 3.54. The maximum absolute atomic E-state index is 12.3. The standard InChI is InChI=1S/C15H21BrN6O/c1-10-9-11(16)5-6-12(10)21(2)15(23)20-13(17)19-14(18)22-7-3-4-8-22/h5-6,9H,3-4,7-8H2,1-2H3,(H4,17,18,19,20,23). The molecule has 2 rings (SSSR count). The SMILES string of the molecule is Cc1cc(Br)ccc1N(C)C(=O)N/C(N)=N/C(=N)N1CCCC1. The van der Waals surface area contributed by atoms with E-state index < -0.39 is 6.03 Å². The first-order valence-corrected chi connectivity index (χ1v) is 8.16. The lowest BCUT2D eigenvalue weighted by Crippen LogP contribution is -2.45. The molecule has 0 saturated carbocycles. The summed E-state index contributed by atoms with van der Waals surface area (Å²) in [6, 6.07) is 5.25. The Balaban J connectivity index is 2.01. The van der Waals surface area contributed by atoms with Crippen LogP contribution in [0, 0.1) is 12.3 Å². The van der Waals surface area contributed by atoms with Gasteiger partial charge in [0.25, 0.3) is 0 Å². The minimum absolute atomic E-state index is 0.0754. The van der Waals surface area contributed by atoms with Crippen LogP contribution in [0.3, 0.4) is 0 Å². The molecule has 124 valence electrons. The molecule has 1 saturated heterocycles. The summed E-state index contributed by atoms with van der Waals surface area (Å²) in [6.07, 6.45) is 2.10. The van der Waals surface area contributed by atoms with Crippen LogP contribution in [-0.2, 0) is 0 Å². The van der Waals surface area contributed by atoms with E-state index in [1.165, 1.54) is 4.90 Å². The molecule has 1 aliphatic heterocycles. The molecule has 1 heterocycles. The van der Waals surface area contributed by atoms with Gasteiger partial charge in [-0.15, -0.1) is 0 Å². The number of aliphatic imine (C=N–C) groups is 1. The Morgan fingerprint density at radius 2 is 2.09 bits per heavy atom. The third kappa shape index (κ3) is 4.44. The fourth-order valence-corrected chi connectivity index (χ4v) is 2.92. The van der Waals surface area contributed by atoms with Crippen LogP contribution >= 0.6 is 15.9 Å². The van der Waals surface area contributed by atoms with Crippen LogP contribution in [0.15, 0.2) is 27.7 Å². The molecule has 8 heteroatoms. The third-order valence-electron chi connectivity index (χ3n) is 3.69. The first kappa shape index (κ1) is 17.3. The van der Waals surface area contributed by atoms with Crippen LogP contribution in [0.2, 0.25) is 0 Å². The Labute approximate surface area is 144 Å². The first-order valence-electron chi connectivity index (χ1n) is 7.37. The lowest BCUT2D eigenvalue weighted by Gasteiger charge is -2.20. The maximum atomic E-state index is 12.3. The van der Waals surface area contributed by atoms with Crippen molar-refractivity contribution < 1.29 is 4.79 Å². The van der Waals surface area contributed by atoms with E-state index in [-0.39, 0.29) is 11.9 Å². The molecule has 0 radical (unpaired) electrons. The van der Waals surface area contributed by atoms with E-state index in [2.05, 4.69) is 26.2 Å². The molecular formula is C15H21BrN6O. The van der Waals surface area contributed by atoms with E-state index in [1.54, 1.807) is 7.05 Å². The summed E-state index contributed by atoms with van der Waals surface area (Å²) in [7, 11) is 1.66.